The topological polar surface area (TPSA) is 80.9 Å². The van der Waals surface area contributed by atoms with Crippen molar-refractivity contribution in [3.63, 3.8) is 0 Å². The van der Waals surface area contributed by atoms with Crippen LogP contribution in [0.2, 0.25) is 0 Å². The molecule has 0 aromatic carbocycles. The molecule has 0 spiro atoms. The molecule has 0 atom stereocenters. The monoisotopic (exact) mass is 378 g/mol. The summed E-state index contributed by atoms with van der Waals surface area (Å²) in [6.45, 7) is 10.8. The van der Waals surface area contributed by atoms with Crippen LogP contribution in [0.3, 0.4) is 0 Å². The Kier molecular flexibility index (Phi) is 12.4. The summed E-state index contributed by atoms with van der Waals surface area (Å²) in [4.78, 5) is 0. The zero-order valence-corrected chi connectivity index (χ0v) is 16.1. The Morgan fingerprint density at radius 3 is 1.86 bits per heavy atom. The van der Waals surface area contributed by atoms with E-state index in [0.29, 0.717) is 0 Å². The molecule has 4 N–H and O–H groups in total. The van der Waals surface area contributed by atoms with Crippen LogP contribution in [0.4, 0.5) is 0 Å². The SMILES string of the molecule is C=C/C(O)=C(/O)C(=C=C/C=C\C=C/C)C(=C)/C(O)=C(/O)C=C=C/C=C\C=C/C. The van der Waals surface area contributed by atoms with E-state index in [9.17, 15) is 20.4 Å². The molecule has 0 fully saturated rings. The first-order valence-electron chi connectivity index (χ1n) is 8.42. The van der Waals surface area contributed by atoms with Crippen LogP contribution >= 0.6 is 0 Å². The minimum absolute atomic E-state index is 0.114. The number of rotatable bonds is 9. The highest BCUT2D eigenvalue weighted by molar-refractivity contribution is 5.52. The molecule has 146 valence electrons. The quantitative estimate of drug-likeness (QED) is 0.211. The molecular weight excluding hydrogens is 352 g/mol. The maximum Gasteiger partial charge on any atom is 0.173 e. The van der Waals surface area contributed by atoms with E-state index in [2.05, 4.69) is 24.6 Å². The average Bonchev–Trinajstić information content (AvgIpc) is 2.70. The lowest BCUT2D eigenvalue weighted by Crippen LogP contribution is -2.00. The predicted molar refractivity (Wildman–Crippen MR) is 116 cm³/mol. The molecule has 0 saturated heterocycles. The average molecular weight is 378 g/mol. The van der Waals surface area contributed by atoms with Crippen molar-refractivity contribution >= 4 is 0 Å². The van der Waals surface area contributed by atoms with Gasteiger partial charge in [0.2, 0.25) is 0 Å². The molecule has 0 amide bonds. The van der Waals surface area contributed by atoms with Crippen molar-refractivity contribution in [1.29, 1.82) is 0 Å². The number of hydrogen-bond acceptors (Lipinski definition) is 4. The highest BCUT2D eigenvalue weighted by Gasteiger charge is 2.17. The zero-order chi connectivity index (χ0) is 21.4. The summed E-state index contributed by atoms with van der Waals surface area (Å²) in [5.74, 6) is -2.24. The van der Waals surface area contributed by atoms with Gasteiger partial charge in [-0.1, -0.05) is 61.8 Å². The fourth-order valence-corrected chi connectivity index (χ4v) is 1.64. The summed E-state index contributed by atoms with van der Waals surface area (Å²) in [5.41, 5.74) is 5.12. The van der Waals surface area contributed by atoms with E-state index in [1.54, 1.807) is 30.4 Å². The maximum absolute atomic E-state index is 10.2. The number of aliphatic hydroxyl groups is 4. The lowest BCUT2D eigenvalue weighted by molar-refractivity contribution is 0.336. The molecule has 28 heavy (non-hydrogen) atoms. The van der Waals surface area contributed by atoms with Gasteiger partial charge in [0.05, 0.1) is 5.57 Å². The van der Waals surface area contributed by atoms with Crippen LogP contribution < -0.4 is 0 Å². The van der Waals surface area contributed by atoms with E-state index in [0.717, 1.165) is 12.2 Å². The summed E-state index contributed by atoms with van der Waals surface area (Å²) in [5, 5.41) is 40.1. The zero-order valence-electron chi connectivity index (χ0n) is 16.1. The first-order chi connectivity index (χ1) is 13.4. The molecule has 0 bridgehead atoms. The Bertz CT molecular complexity index is 872. The van der Waals surface area contributed by atoms with Crippen LogP contribution in [-0.2, 0) is 0 Å². The van der Waals surface area contributed by atoms with Crippen LogP contribution in [0.25, 0.3) is 0 Å². The fraction of sp³-hybridized carbons (Fsp3) is 0.0833. The molecule has 0 aromatic rings. The van der Waals surface area contributed by atoms with Crippen LogP contribution in [0.15, 0.2) is 132 Å². The van der Waals surface area contributed by atoms with Crippen LogP contribution in [0.1, 0.15) is 13.8 Å². The van der Waals surface area contributed by atoms with E-state index in [-0.39, 0.29) is 11.1 Å². The van der Waals surface area contributed by atoms with Gasteiger partial charge in [0.25, 0.3) is 0 Å². The molecule has 0 aromatic heterocycles. The number of allylic oxidation sites excluding steroid dienone is 12. The van der Waals surface area contributed by atoms with Crippen molar-refractivity contribution in [2.45, 2.75) is 13.8 Å². The second-order valence-electron chi connectivity index (χ2n) is 5.14. The van der Waals surface area contributed by atoms with Gasteiger partial charge in [0.1, 0.15) is 0 Å². The van der Waals surface area contributed by atoms with E-state index in [1.807, 2.05) is 32.1 Å². The first kappa shape index (κ1) is 24.2. The standard InChI is InChI=1S/C24H26O4/c1-5-8-10-12-14-16-18-22(26)23(27)19(4)20(24(28)21(25)7-3)17-15-13-11-9-6-2/h5-15,18,25-28H,3-4H2,1-2H3/b8-5-,9-6-,12-10-,13-11-,23-22-,24-21-. The molecule has 0 radical (unpaired) electrons. The van der Waals surface area contributed by atoms with E-state index >= 15 is 0 Å². The van der Waals surface area contributed by atoms with Crippen molar-refractivity contribution in [1.82, 2.24) is 0 Å². The Labute approximate surface area is 166 Å². The molecule has 4 nitrogen and oxygen atoms in total. The summed E-state index contributed by atoms with van der Waals surface area (Å²) < 4.78 is 0. The van der Waals surface area contributed by atoms with Gasteiger partial charge in [-0.3, -0.25) is 0 Å². The van der Waals surface area contributed by atoms with Gasteiger partial charge in [0.15, 0.2) is 23.0 Å². The van der Waals surface area contributed by atoms with Crippen molar-refractivity contribution < 1.29 is 20.4 Å². The first-order valence-corrected chi connectivity index (χ1v) is 8.42. The predicted octanol–water partition coefficient (Wildman–Crippen LogP) is 6.44. The third kappa shape index (κ3) is 9.02. The van der Waals surface area contributed by atoms with Gasteiger partial charge >= 0.3 is 0 Å². The maximum atomic E-state index is 10.2. The third-order valence-corrected chi connectivity index (χ3v) is 3.07. The van der Waals surface area contributed by atoms with Gasteiger partial charge < -0.3 is 20.4 Å². The summed E-state index contributed by atoms with van der Waals surface area (Å²) in [7, 11) is 0. The van der Waals surface area contributed by atoms with Gasteiger partial charge in [-0.15, -0.1) is 11.5 Å². The van der Waals surface area contributed by atoms with Gasteiger partial charge in [-0.25, -0.2) is 0 Å². The molecule has 0 aliphatic heterocycles. The largest absolute Gasteiger partial charge is 0.504 e. The minimum atomic E-state index is -0.602. The fourth-order valence-electron chi connectivity index (χ4n) is 1.64. The highest BCUT2D eigenvalue weighted by atomic mass is 16.3. The second-order valence-corrected chi connectivity index (χ2v) is 5.14. The molecule has 0 aliphatic carbocycles. The van der Waals surface area contributed by atoms with Gasteiger partial charge in [-0.05, 0) is 32.1 Å². The van der Waals surface area contributed by atoms with Crippen molar-refractivity contribution in [3.8, 4) is 0 Å². The van der Waals surface area contributed by atoms with Crippen LogP contribution in [0.5, 0.6) is 0 Å². The van der Waals surface area contributed by atoms with E-state index < -0.39 is 23.0 Å². The molecule has 0 saturated carbocycles. The Balaban J connectivity index is 6.02. The molecule has 4 heteroatoms. The van der Waals surface area contributed by atoms with E-state index in [4.69, 9.17) is 0 Å². The van der Waals surface area contributed by atoms with Gasteiger partial charge in [-0.2, -0.15) is 0 Å². The Morgan fingerprint density at radius 1 is 0.750 bits per heavy atom. The molecule has 0 rings (SSSR count). The van der Waals surface area contributed by atoms with Crippen molar-refractivity contribution in [3.05, 3.63) is 132 Å². The van der Waals surface area contributed by atoms with E-state index in [1.165, 1.54) is 12.2 Å². The Hall–Kier alpha value is -3.84. The molecule has 0 unspecified atom stereocenters. The summed E-state index contributed by atoms with van der Waals surface area (Å²) >= 11 is 0. The molecule has 0 aliphatic rings. The lowest BCUT2D eigenvalue weighted by atomic mass is 10.0. The summed E-state index contributed by atoms with van der Waals surface area (Å²) in [6.07, 6.45) is 19.3. The van der Waals surface area contributed by atoms with Crippen LogP contribution in [0, 0.1) is 0 Å². The minimum Gasteiger partial charge on any atom is -0.504 e. The van der Waals surface area contributed by atoms with Crippen LogP contribution in [-0.4, -0.2) is 20.4 Å². The second kappa shape index (κ2) is 14.3. The number of aliphatic hydroxyl groups excluding tert-OH is 4. The smallest absolute Gasteiger partial charge is 0.173 e. The number of hydrogen-bond donors (Lipinski definition) is 4. The van der Waals surface area contributed by atoms with Gasteiger partial charge in [0, 0.05) is 11.6 Å². The molecular formula is C24H26O4. The third-order valence-electron chi connectivity index (χ3n) is 3.07. The highest BCUT2D eigenvalue weighted by Crippen LogP contribution is 2.24. The van der Waals surface area contributed by atoms with Crippen molar-refractivity contribution in [2.75, 3.05) is 0 Å². The van der Waals surface area contributed by atoms with Crippen molar-refractivity contribution in [2.24, 2.45) is 0 Å². The Morgan fingerprint density at radius 2 is 1.32 bits per heavy atom. The normalized spacial score (nSPS) is 13.1. The summed E-state index contributed by atoms with van der Waals surface area (Å²) in [6, 6.07) is 0. The lowest BCUT2D eigenvalue weighted by Gasteiger charge is -2.09. The molecule has 0 heterocycles.